The molecule has 1 heterocycles. The molecule has 1 N–H and O–H groups in total. The van der Waals surface area contributed by atoms with Crippen molar-refractivity contribution < 1.29 is 9.90 Å². The lowest BCUT2D eigenvalue weighted by Crippen LogP contribution is -1.97. The first-order chi connectivity index (χ1) is 8.11. The third-order valence-corrected chi connectivity index (χ3v) is 3.90. The molecular weight excluding hydrogens is 256 g/mol. The van der Waals surface area contributed by atoms with Crippen molar-refractivity contribution in [2.75, 3.05) is 0 Å². The van der Waals surface area contributed by atoms with Gasteiger partial charge in [0.15, 0.2) is 0 Å². The molecule has 4 heteroatoms. The maximum atomic E-state index is 11.0. The number of aryl methyl sites for hydroxylation is 1. The largest absolute Gasteiger partial charge is 0.478 e. The van der Waals surface area contributed by atoms with Crippen LogP contribution >= 0.6 is 22.9 Å². The van der Waals surface area contributed by atoms with Gasteiger partial charge in [-0.05, 0) is 41.1 Å². The summed E-state index contributed by atoms with van der Waals surface area (Å²) in [6.07, 6.45) is 0.982. The molecule has 1 aromatic heterocycles. The van der Waals surface area contributed by atoms with Crippen LogP contribution in [0.4, 0.5) is 0 Å². The minimum atomic E-state index is -0.996. The number of hydrogen-bond donors (Lipinski definition) is 1. The number of halogens is 1. The van der Waals surface area contributed by atoms with Crippen molar-refractivity contribution >= 4 is 28.9 Å². The molecule has 0 atom stereocenters. The lowest BCUT2D eigenvalue weighted by molar-refractivity contribution is 0.0697. The minimum absolute atomic E-state index is 0.149. The van der Waals surface area contributed by atoms with E-state index in [-0.39, 0.29) is 10.6 Å². The molecule has 2 aromatic rings. The molecule has 0 amide bonds. The van der Waals surface area contributed by atoms with E-state index in [1.807, 2.05) is 6.07 Å². The highest BCUT2D eigenvalue weighted by molar-refractivity contribution is 7.13. The molecule has 0 radical (unpaired) electrons. The van der Waals surface area contributed by atoms with Crippen molar-refractivity contribution in [1.29, 1.82) is 0 Å². The van der Waals surface area contributed by atoms with Crippen LogP contribution < -0.4 is 0 Å². The van der Waals surface area contributed by atoms with Crippen molar-refractivity contribution in [1.82, 2.24) is 0 Å². The van der Waals surface area contributed by atoms with Crippen molar-refractivity contribution in [3.8, 4) is 10.4 Å². The number of hydrogen-bond acceptors (Lipinski definition) is 2. The van der Waals surface area contributed by atoms with E-state index in [1.165, 1.54) is 5.56 Å². The summed E-state index contributed by atoms with van der Waals surface area (Å²) in [4.78, 5) is 12.1. The molecule has 0 spiro atoms. The van der Waals surface area contributed by atoms with Gasteiger partial charge in [-0.15, -0.1) is 11.3 Å². The zero-order valence-electron chi connectivity index (χ0n) is 9.24. The van der Waals surface area contributed by atoms with Gasteiger partial charge in [0.25, 0.3) is 0 Å². The van der Waals surface area contributed by atoms with Crippen LogP contribution in [0.1, 0.15) is 22.8 Å². The Morgan fingerprint density at radius 2 is 2.18 bits per heavy atom. The van der Waals surface area contributed by atoms with Crippen LogP contribution in [0.3, 0.4) is 0 Å². The number of carboxylic acid groups (broad SMARTS) is 1. The minimum Gasteiger partial charge on any atom is -0.478 e. The van der Waals surface area contributed by atoms with E-state index >= 15 is 0 Å². The fourth-order valence-electron chi connectivity index (χ4n) is 1.55. The van der Waals surface area contributed by atoms with Gasteiger partial charge in [0, 0.05) is 4.88 Å². The summed E-state index contributed by atoms with van der Waals surface area (Å²) >= 11 is 7.45. The van der Waals surface area contributed by atoms with Gasteiger partial charge >= 0.3 is 5.97 Å². The number of carboxylic acids is 1. The molecule has 0 bridgehead atoms. The van der Waals surface area contributed by atoms with Gasteiger partial charge < -0.3 is 5.11 Å². The van der Waals surface area contributed by atoms with Crippen molar-refractivity contribution in [3.63, 3.8) is 0 Å². The van der Waals surface area contributed by atoms with Gasteiger partial charge in [-0.3, -0.25) is 0 Å². The molecule has 0 saturated heterocycles. The fraction of sp³-hybridized carbons (Fsp3) is 0.154. The number of rotatable bonds is 3. The second-order valence-corrected chi connectivity index (χ2v) is 4.99. The van der Waals surface area contributed by atoms with Crippen LogP contribution in [-0.4, -0.2) is 11.1 Å². The highest BCUT2D eigenvalue weighted by Gasteiger charge is 2.11. The second kappa shape index (κ2) is 4.90. The number of carbonyl (C=O) groups is 1. The Kier molecular flexibility index (Phi) is 3.50. The highest BCUT2D eigenvalue weighted by Crippen LogP contribution is 2.30. The summed E-state index contributed by atoms with van der Waals surface area (Å²) in [6.45, 7) is 2.09. The van der Waals surface area contributed by atoms with E-state index in [2.05, 4.69) is 18.4 Å². The Morgan fingerprint density at radius 3 is 2.76 bits per heavy atom. The van der Waals surface area contributed by atoms with Gasteiger partial charge in [0.05, 0.1) is 10.6 Å². The first-order valence-electron chi connectivity index (χ1n) is 5.22. The van der Waals surface area contributed by atoms with Crippen LogP contribution in [0.5, 0.6) is 0 Å². The first kappa shape index (κ1) is 12.1. The second-order valence-electron chi connectivity index (χ2n) is 3.67. The molecule has 2 rings (SSSR count). The van der Waals surface area contributed by atoms with Crippen LogP contribution in [0.15, 0.2) is 29.6 Å². The zero-order valence-corrected chi connectivity index (χ0v) is 10.8. The van der Waals surface area contributed by atoms with Crippen molar-refractivity contribution in [2.45, 2.75) is 13.3 Å². The predicted octanol–water partition coefficient (Wildman–Crippen LogP) is 4.33. The van der Waals surface area contributed by atoms with Gasteiger partial charge in [-0.2, -0.15) is 0 Å². The van der Waals surface area contributed by atoms with Crippen LogP contribution in [0, 0.1) is 0 Å². The highest BCUT2D eigenvalue weighted by atomic mass is 35.5. The smallest absolute Gasteiger partial charge is 0.337 e. The normalized spacial score (nSPS) is 10.5. The Morgan fingerprint density at radius 1 is 1.41 bits per heavy atom. The van der Waals surface area contributed by atoms with E-state index in [0.717, 1.165) is 16.9 Å². The molecule has 1 aromatic carbocycles. The van der Waals surface area contributed by atoms with Gasteiger partial charge in [0.2, 0.25) is 0 Å². The molecule has 2 nitrogen and oxygen atoms in total. The van der Waals surface area contributed by atoms with E-state index < -0.39 is 5.97 Å². The standard InChI is InChI=1S/C13H11ClO2S/c1-2-8-5-12(17-7-8)9-3-4-11(14)10(6-9)13(15)16/h3-7H,2H2,1H3,(H,15,16). The molecule has 0 unspecified atom stereocenters. The lowest BCUT2D eigenvalue weighted by atomic mass is 10.1. The van der Waals surface area contributed by atoms with E-state index in [9.17, 15) is 4.79 Å². The molecule has 0 aliphatic heterocycles. The van der Waals surface area contributed by atoms with Crippen molar-refractivity contribution in [3.05, 3.63) is 45.8 Å². The lowest BCUT2D eigenvalue weighted by Gasteiger charge is -2.02. The third kappa shape index (κ3) is 2.51. The van der Waals surface area contributed by atoms with Crippen LogP contribution in [-0.2, 0) is 6.42 Å². The summed E-state index contributed by atoms with van der Waals surface area (Å²) < 4.78 is 0. The van der Waals surface area contributed by atoms with Crippen molar-refractivity contribution in [2.24, 2.45) is 0 Å². The molecule has 88 valence electrons. The SMILES string of the molecule is CCc1csc(-c2ccc(Cl)c(C(=O)O)c2)c1. The van der Waals surface area contributed by atoms with E-state index in [4.69, 9.17) is 16.7 Å². The zero-order chi connectivity index (χ0) is 12.4. The molecule has 0 fully saturated rings. The first-order valence-corrected chi connectivity index (χ1v) is 6.48. The Bertz CT molecular complexity index is 560. The third-order valence-electron chi connectivity index (χ3n) is 2.54. The number of thiophene rings is 1. The Labute approximate surface area is 108 Å². The quantitative estimate of drug-likeness (QED) is 0.898. The summed E-state index contributed by atoms with van der Waals surface area (Å²) in [6, 6.07) is 7.18. The average molecular weight is 267 g/mol. The Balaban J connectivity index is 2.46. The molecule has 0 aliphatic rings. The number of aromatic carboxylic acids is 1. The molecule has 17 heavy (non-hydrogen) atoms. The average Bonchev–Trinajstić information content (AvgIpc) is 2.78. The maximum Gasteiger partial charge on any atom is 0.337 e. The van der Waals surface area contributed by atoms with Crippen LogP contribution in [0.25, 0.3) is 10.4 Å². The van der Waals surface area contributed by atoms with E-state index in [1.54, 1.807) is 23.5 Å². The van der Waals surface area contributed by atoms with Gasteiger partial charge in [-0.25, -0.2) is 4.79 Å². The molecule has 0 saturated carbocycles. The van der Waals surface area contributed by atoms with E-state index in [0.29, 0.717) is 0 Å². The number of benzene rings is 1. The topological polar surface area (TPSA) is 37.3 Å². The maximum absolute atomic E-state index is 11.0. The van der Waals surface area contributed by atoms with Gasteiger partial charge in [-0.1, -0.05) is 24.6 Å². The Hall–Kier alpha value is -1.32. The summed E-state index contributed by atoms with van der Waals surface area (Å²) in [5, 5.41) is 11.4. The predicted molar refractivity (Wildman–Crippen MR) is 71.1 cm³/mol. The summed E-state index contributed by atoms with van der Waals surface area (Å²) in [7, 11) is 0. The molecule has 0 aliphatic carbocycles. The summed E-state index contributed by atoms with van der Waals surface area (Å²) in [5.41, 5.74) is 2.31. The van der Waals surface area contributed by atoms with Gasteiger partial charge in [0.1, 0.15) is 0 Å². The fourth-order valence-corrected chi connectivity index (χ4v) is 2.75. The monoisotopic (exact) mass is 266 g/mol. The summed E-state index contributed by atoms with van der Waals surface area (Å²) in [5.74, 6) is -0.996. The molecular formula is C13H11ClO2S. The van der Waals surface area contributed by atoms with Crippen LogP contribution in [0.2, 0.25) is 5.02 Å².